The molecule has 3 unspecified atom stereocenters. The van der Waals surface area contributed by atoms with E-state index in [-0.39, 0.29) is 35.1 Å². The van der Waals surface area contributed by atoms with Crippen molar-refractivity contribution < 1.29 is 38.2 Å². The zero-order valence-electron chi connectivity index (χ0n) is 41.6. The van der Waals surface area contributed by atoms with Crippen LogP contribution in [0.3, 0.4) is 0 Å². The number of aldehydes is 2. The summed E-state index contributed by atoms with van der Waals surface area (Å²) in [6.07, 6.45) is 9.06. The first kappa shape index (κ1) is 55.3. The fourth-order valence-corrected chi connectivity index (χ4v) is 8.18. The predicted molar refractivity (Wildman–Crippen MR) is 267 cm³/mol. The Morgan fingerprint density at radius 2 is 1.30 bits per heavy atom. The van der Waals surface area contributed by atoms with Gasteiger partial charge in [0, 0.05) is 37.4 Å². The number of alkyl carbamates (subject to hydrolysis) is 2. The van der Waals surface area contributed by atoms with Crippen LogP contribution in [0.1, 0.15) is 115 Å². The second-order valence-corrected chi connectivity index (χ2v) is 18.8. The lowest BCUT2D eigenvalue weighted by Crippen LogP contribution is -2.50. The van der Waals surface area contributed by atoms with Gasteiger partial charge in [-0.2, -0.15) is 0 Å². The van der Waals surface area contributed by atoms with Crippen molar-refractivity contribution in [3.05, 3.63) is 101 Å². The largest absolute Gasteiger partial charge is 0.453 e. The lowest BCUT2D eigenvalue weighted by atomic mass is 9.77. The van der Waals surface area contributed by atoms with Crippen molar-refractivity contribution in [2.24, 2.45) is 11.8 Å². The summed E-state index contributed by atoms with van der Waals surface area (Å²) in [6.45, 7) is 16.9. The summed E-state index contributed by atoms with van der Waals surface area (Å²) in [5.41, 5.74) is 8.70. The molecular weight excluding hydrogens is 849 g/mol. The number of benzene rings is 3. The summed E-state index contributed by atoms with van der Waals surface area (Å²) in [6, 6.07) is 25.4. The highest BCUT2D eigenvalue weighted by Crippen LogP contribution is 2.50. The highest BCUT2D eigenvalue weighted by molar-refractivity contribution is 5.86. The number of hydrogen-bond acceptors (Lipinski definition) is 10. The maximum atomic E-state index is 12.1. The van der Waals surface area contributed by atoms with Crippen molar-refractivity contribution >= 4 is 54.0 Å². The molecule has 0 bridgehead atoms. The van der Waals surface area contributed by atoms with Gasteiger partial charge in [-0.05, 0) is 121 Å². The van der Waals surface area contributed by atoms with Crippen molar-refractivity contribution in [1.82, 2.24) is 20.4 Å². The van der Waals surface area contributed by atoms with E-state index in [1.807, 2.05) is 53.9 Å². The van der Waals surface area contributed by atoms with Gasteiger partial charge in [-0.3, -0.25) is 14.5 Å². The first-order valence-electron chi connectivity index (χ1n) is 23.4. The van der Waals surface area contributed by atoms with Gasteiger partial charge in [-0.15, -0.1) is 0 Å². The SMILES string of the molecule is CN1CCC[C@H]1C=O.CNc1ccc(C2CC=C(c3ccc(NC=O)cc3)C2c2ccc(C(C)(C)C)cc2)cc1.COC(=O)NC(C(=O)N1CCCC1)C(C)C.COC(=O)N[C@H](C=O)C(C)C. The molecule has 1 aliphatic carbocycles. The first-order valence-corrected chi connectivity index (χ1v) is 23.4. The van der Waals surface area contributed by atoms with E-state index in [0.29, 0.717) is 18.6 Å². The zero-order chi connectivity index (χ0) is 49.7. The number of anilines is 2. The van der Waals surface area contributed by atoms with Crippen LogP contribution in [0.2, 0.25) is 0 Å². The fraction of sp³-hybridized carbons (Fsp3) is 0.509. The van der Waals surface area contributed by atoms with E-state index in [4.69, 9.17) is 0 Å². The molecule has 2 fully saturated rings. The minimum absolute atomic E-state index is 0.00194. The summed E-state index contributed by atoms with van der Waals surface area (Å²) in [5.74, 6) is 0.829. The zero-order valence-corrected chi connectivity index (χ0v) is 41.6. The van der Waals surface area contributed by atoms with Gasteiger partial charge in [0.1, 0.15) is 18.6 Å². The van der Waals surface area contributed by atoms with Gasteiger partial charge in [0.05, 0.1) is 26.3 Å². The van der Waals surface area contributed by atoms with E-state index in [9.17, 15) is 28.8 Å². The Bertz CT molecular complexity index is 2040. The van der Waals surface area contributed by atoms with Crippen LogP contribution in [0.4, 0.5) is 21.0 Å². The number of carbonyl (C=O) groups excluding carboxylic acids is 6. The number of nitrogens with zero attached hydrogens (tertiary/aromatic N) is 2. The molecule has 0 radical (unpaired) electrons. The van der Waals surface area contributed by atoms with E-state index < -0.39 is 24.3 Å². The van der Waals surface area contributed by atoms with Crippen molar-refractivity contribution in [3.63, 3.8) is 0 Å². The van der Waals surface area contributed by atoms with Crippen LogP contribution in [0.15, 0.2) is 78.9 Å². The molecule has 6 rings (SSSR count). The molecular formula is C53H76N6O8. The van der Waals surface area contributed by atoms with Gasteiger partial charge in [0.15, 0.2) is 0 Å². The van der Waals surface area contributed by atoms with Crippen LogP contribution in [0.5, 0.6) is 0 Å². The Kier molecular flexibility index (Phi) is 22.8. The number of methoxy groups -OCH3 is 2. The highest BCUT2D eigenvalue weighted by Gasteiger charge is 2.34. The number of likely N-dealkylation sites (N-methyl/N-ethyl adjacent to an activating group) is 1. The van der Waals surface area contributed by atoms with Crippen LogP contribution in [-0.2, 0) is 34.1 Å². The first-order chi connectivity index (χ1) is 31.9. The number of rotatable bonds is 13. The van der Waals surface area contributed by atoms with Gasteiger partial charge >= 0.3 is 12.2 Å². The van der Waals surface area contributed by atoms with E-state index in [0.717, 1.165) is 63.0 Å². The van der Waals surface area contributed by atoms with Crippen LogP contribution in [0, 0.1) is 11.8 Å². The number of nitrogens with one attached hydrogen (secondary N) is 4. The third-order valence-electron chi connectivity index (χ3n) is 12.4. The Balaban J connectivity index is 0.000000281. The summed E-state index contributed by atoms with van der Waals surface area (Å²) < 4.78 is 8.85. The second kappa shape index (κ2) is 27.6. The molecule has 0 aromatic heterocycles. The minimum Gasteiger partial charge on any atom is -0.453 e. The van der Waals surface area contributed by atoms with E-state index in [1.165, 1.54) is 48.5 Å². The second-order valence-electron chi connectivity index (χ2n) is 18.8. The predicted octanol–water partition coefficient (Wildman–Crippen LogP) is 8.78. The summed E-state index contributed by atoms with van der Waals surface area (Å²) in [5, 5.41) is 10.9. The van der Waals surface area contributed by atoms with E-state index in [2.05, 4.69) is 123 Å². The molecule has 14 heteroatoms. The summed E-state index contributed by atoms with van der Waals surface area (Å²) >= 11 is 0. The number of allylic oxidation sites excluding steroid dienone is 2. The Morgan fingerprint density at radius 3 is 1.75 bits per heavy atom. The standard InChI is InChI=1S/C29H32N2O.C11H20N2O3.C7H13NO3.C6H11NO/c1-29(2,3)23-11-5-22(6-12-23)28-26(20-7-13-24(30-4)14-8-20)17-18-27(28)21-9-15-25(16-10-21)31-19-32;1-8(2)9(12-11(15)16-3)10(14)13-6-4-5-7-13;1-5(2)6(4-9)8-7(10)11-3;1-7-4-2-3-6(7)5-8/h5-16,18-19,26,28,30H,17H2,1-4H3,(H,31,32);8-9H,4-7H2,1-3H3,(H,12,15);4-6H,1-3H3,(H,8,10);5-6H,2-4H2,1H3/t;;2*6-/m..10/s1. The van der Waals surface area contributed by atoms with E-state index >= 15 is 0 Å². The van der Waals surface area contributed by atoms with Crippen molar-refractivity contribution in [2.45, 2.75) is 116 Å². The lowest BCUT2D eigenvalue weighted by molar-refractivity contribution is -0.133. The van der Waals surface area contributed by atoms with Crippen LogP contribution in [0.25, 0.3) is 5.57 Å². The molecule has 4 N–H and O–H groups in total. The Labute approximate surface area is 399 Å². The number of amides is 4. The molecule has 0 saturated carbocycles. The number of ether oxygens (including phenoxy) is 2. The average molecular weight is 925 g/mol. The Hall–Kier alpha value is -6.02. The molecule has 14 nitrogen and oxygen atoms in total. The molecule has 2 saturated heterocycles. The molecule has 366 valence electrons. The molecule has 4 amide bonds. The smallest absolute Gasteiger partial charge is 0.407 e. The maximum Gasteiger partial charge on any atom is 0.407 e. The quantitative estimate of drug-likeness (QED) is 0.121. The van der Waals surface area contributed by atoms with Crippen LogP contribution >= 0.6 is 0 Å². The monoisotopic (exact) mass is 925 g/mol. The van der Waals surface area contributed by atoms with Crippen LogP contribution < -0.4 is 21.3 Å². The van der Waals surface area contributed by atoms with Crippen molar-refractivity contribution in [2.75, 3.05) is 58.6 Å². The topological polar surface area (TPSA) is 175 Å². The van der Waals surface area contributed by atoms with Gasteiger partial charge in [0.2, 0.25) is 12.3 Å². The maximum absolute atomic E-state index is 12.1. The summed E-state index contributed by atoms with van der Waals surface area (Å²) in [7, 11) is 6.50. The molecule has 67 heavy (non-hydrogen) atoms. The van der Waals surface area contributed by atoms with Gasteiger partial charge in [0.25, 0.3) is 0 Å². The van der Waals surface area contributed by atoms with Crippen molar-refractivity contribution in [1.29, 1.82) is 0 Å². The molecule has 3 aromatic rings. The number of carbonyl (C=O) groups is 6. The lowest BCUT2D eigenvalue weighted by Gasteiger charge is -2.26. The summed E-state index contributed by atoms with van der Waals surface area (Å²) in [4.78, 5) is 69.0. The number of likely N-dealkylation sites (tertiary alicyclic amines) is 2. The Morgan fingerprint density at radius 1 is 0.731 bits per heavy atom. The molecule has 2 heterocycles. The molecule has 5 atom stereocenters. The molecule has 2 aliphatic heterocycles. The molecule has 3 aliphatic rings. The van der Waals surface area contributed by atoms with Gasteiger partial charge < -0.3 is 45.2 Å². The van der Waals surface area contributed by atoms with E-state index in [1.54, 1.807) is 4.90 Å². The number of hydrogen-bond donors (Lipinski definition) is 4. The van der Waals surface area contributed by atoms with Gasteiger partial charge in [-0.25, -0.2) is 9.59 Å². The van der Waals surface area contributed by atoms with Gasteiger partial charge in [-0.1, -0.05) is 103 Å². The molecule has 3 aromatic carbocycles. The third kappa shape index (κ3) is 17.0. The fourth-order valence-electron chi connectivity index (χ4n) is 8.18. The minimum atomic E-state index is -0.573. The van der Waals surface area contributed by atoms with Crippen LogP contribution in [-0.4, -0.2) is 113 Å². The van der Waals surface area contributed by atoms with Crippen molar-refractivity contribution in [3.8, 4) is 0 Å². The molecule has 0 spiro atoms. The highest BCUT2D eigenvalue weighted by atomic mass is 16.5. The third-order valence-corrected chi connectivity index (χ3v) is 12.4. The normalized spacial score (nSPS) is 18.6. The average Bonchev–Trinajstić information content (AvgIpc) is 4.12.